The summed E-state index contributed by atoms with van der Waals surface area (Å²) in [6, 6.07) is 4.67. The van der Waals surface area contributed by atoms with Gasteiger partial charge < -0.3 is 13.7 Å². The predicted molar refractivity (Wildman–Crippen MR) is 78.9 cm³/mol. The van der Waals surface area contributed by atoms with Crippen LogP contribution in [0.5, 0.6) is 11.5 Å². The van der Waals surface area contributed by atoms with Crippen LogP contribution in [0.2, 0.25) is 0 Å². The number of amides is 1. The number of nitrogens with zero attached hydrogens (tertiary/aromatic N) is 1. The molecule has 0 radical (unpaired) electrons. The van der Waals surface area contributed by atoms with Gasteiger partial charge in [0.1, 0.15) is 11.5 Å². The molecule has 22 heavy (non-hydrogen) atoms. The van der Waals surface area contributed by atoms with Crippen molar-refractivity contribution in [2.24, 2.45) is 0 Å². The van der Waals surface area contributed by atoms with Crippen molar-refractivity contribution in [3.05, 3.63) is 23.8 Å². The van der Waals surface area contributed by atoms with Crippen LogP contribution in [0.25, 0.3) is 0 Å². The number of carbonyl (C=O) groups excluding carboxylic acids is 1. The first-order valence-electron chi connectivity index (χ1n) is 6.62. The quantitative estimate of drug-likeness (QED) is 0.831. The van der Waals surface area contributed by atoms with Gasteiger partial charge in [-0.3, -0.25) is 4.79 Å². The summed E-state index contributed by atoms with van der Waals surface area (Å²) >= 11 is 0. The summed E-state index contributed by atoms with van der Waals surface area (Å²) in [5.74, 6) is 0.0890. The lowest BCUT2D eigenvalue weighted by Crippen LogP contribution is -2.35. The summed E-state index contributed by atoms with van der Waals surface area (Å²) in [6.45, 7) is 4.99. The Balaban J connectivity index is 2.33. The van der Waals surface area contributed by atoms with Gasteiger partial charge in [-0.25, -0.2) is 4.31 Å². The average molecular weight is 329 g/mol. The lowest BCUT2D eigenvalue weighted by atomic mass is 9.85. The van der Waals surface area contributed by atoms with Gasteiger partial charge in [0.25, 0.3) is 0 Å². The minimum absolute atomic E-state index is 0.111. The third kappa shape index (κ3) is 2.76. The van der Waals surface area contributed by atoms with E-state index in [0.29, 0.717) is 10.1 Å². The van der Waals surface area contributed by atoms with Crippen LogP contribution in [-0.2, 0) is 25.3 Å². The van der Waals surface area contributed by atoms with Crippen LogP contribution in [-0.4, -0.2) is 39.1 Å². The zero-order valence-electron chi connectivity index (χ0n) is 13.1. The Hall–Kier alpha value is -1.80. The van der Waals surface area contributed by atoms with E-state index in [1.807, 2.05) is 13.8 Å². The molecule has 0 N–H and O–H groups in total. The standard InChI is InChI=1S/C14H19NO6S/c1-9(16)15(4)22(17,18)21-10-6-7-12-11(8-10)14(2,3)13(19-5)20-12/h6-8,13H,1-5H3. The second-order valence-electron chi connectivity index (χ2n) is 5.59. The fourth-order valence-corrected chi connectivity index (χ4v) is 3.01. The zero-order chi connectivity index (χ0) is 16.7. The molecule has 1 aromatic carbocycles. The van der Waals surface area contributed by atoms with E-state index in [2.05, 4.69) is 0 Å². The molecule has 0 saturated carbocycles. The van der Waals surface area contributed by atoms with Gasteiger partial charge in [0.2, 0.25) is 12.2 Å². The normalized spacial score (nSPS) is 19.2. The van der Waals surface area contributed by atoms with Crippen molar-refractivity contribution in [3.8, 4) is 11.5 Å². The van der Waals surface area contributed by atoms with Crippen LogP contribution in [0.1, 0.15) is 26.3 Å². The van der Waals surface area contributed by atoms with Crippen LogP contribution < -0.4 is 8.92 Å². The maximum Gasteiger partial charge on any atom is 0.411 e. The number of hydrogen-bond donors (Lipinski definition) is 0. The number of methoxy groups -OCH3 is 1. The van der Waals surface area contributed by atoms with Crippen molar-refractivity contribution in [3.63, 3.8) is 0 Å². The molecular formula is C14H19NO6S. The van der Waals surface area contributed by atoms with Crippen LogP contribution in [0.3, 0.4) is 0 Å². The molecule has 0 aromatic heterocycles. The van der Waals surface area contributed by atoms with Gasteiger partial charge in [-0.15, -0.1) is 0 Å². The van der Waals surface area contributed by atoms with Gasteiger partial charge in [0.05, 0.1) is 5.41 Å². The molecule has 2 rings (SSSR count). The van der Waals surface area contributed by atoms with E-state index in [1.165, 1.54) is 6.07 Å². The Morgan fingerprint density at radius 1 is 1.36 bits per heavy atom. The number of rotatable bonds is 4. The molecular weight excluding hydrogens is 310 g/mol. The summed E-state index contributed by atoms with van der Waals surface area (Å²) < 4.78 is 40.4. The van der Waals surface area contributed by atoms with E-state index < -0.39 is 27.9 Å². The molecule has 122 valence electrons. The third-order valence-corrected chi connectivity index (χ3v) is 4.99. The number of hydrogen-bond acceptors (Lipinski definition) is 6. The first-order valence-corrected chi connectivity index (χ1v) is 7.99. The first-order chi connectivity index (χ1) is 10.1. The van der Waals surface area contributed by atoms with Crippen molar-refractivity contribution < 1.29 is 26.9 Å². The minimum atomic E-state index is -4.17. The van der Waals surface area contributed by atoms with Crippen molar-refractivity contribution in [2.75, 3.05) is 14.2 Å². The van der Waals surface area contributed by atoms with Crippen LogP contribution in [0.4, 0.5) is 0 Å². The molecule has 7 nitrogen and oxygen atoms in total. The first kappa shape index (κ1) is 16.6. The third-order valence-electron chi connectivity index (χ3n) is 3.66. The molecule has 0 aliphatic carbocycles. The smallest absolute Gasteiger partial charge is 0.411 e. The number of carbonyl (C=O) groups is 1. The van der Waals surface area contributed by atoms with E-state index in [9.17, 15) is 13.2 Å². The molecule has 1 amide bonds. The molecule has 1 aromatic rings. The highest BCUT2D eigenvalue weighted by atomic mass is 32.2. The van der Waals surface area contributed by atoms with Crippen molar-refractivity contribution >= 4 is 16.2 Å². The molecule has 1 unspecified atom stereocenters. The maximum atomic E-state index is 12.0. The van der Waals surface area contributed by atoms with Gasteiger partial charge in [0, 0.05) is 26.6 Å². The Labute approximate surface area is 130 Å². The topological polar surface area (TPSA) is 82.1 Å². The number of ether oxygens (including phenoxy) is 2. The molecule has 0 spiro atoms. The highest BCUT2D eigenvalue weighted by Gasteiger charge is 2.42. The second-order valence-corrected chi connectivity index (χ2v) is 7.16. The lowest BCUT2D eigenvalue weighted by molar-refractivity contribution is -0.123. The zero-order valence-corrected chi connectivity index (χ0v) is 13.9. The molecule has 1 aliphatic rings. The second kappa shape index (κ2) is 5.44. The molecule has 0 fully saturated rings. The summed E-state index contributed by atoms with van der Waals surface area (Å²) in [6.07, 6.45) is -0.464. The van der Waals surface area contributed by atoms with E-state index in [-0.39, 0.29) is 5.75 Å². The van der Waals surface area contributed by atoms with Crippen molar-refractivity contribution in [1.82, 2.24) is 4.31 Å². The molecule has 1 heterocycles. The van der Waals surface area contributed by atoms with Crippen LogP contribution in [0, 0.1) is 0 Å². The highest BCUT2D eigenvalue weighted by molar-refractivity contribution is 7.85. The summed E-state index contributed by atoms with van der Waals surface area (Å²) in [5.41, 5.74) is 0.317. The monoisotopic (exact) mass is 329 g/mol. The Morgan fingerprint density at radius 2 is 2.00 bits per heavy atom. The minimum Gasteiger partial charge on any atom is -0.464 e. The lowest BCUT2D eigenvalue weighted by Gasteiger charge is -2.24. The SMILES string of the molecule is COC1Oc2ccc(OS(=O)(=O)N(C)C(C)=O)cc2C1(C)C. The maximum absolute atomic E-state index is 12.0. The van der Waals surface area contributed by atoms with Gasteiger partial charge >= 0.3 is 10.3 Å². The van der Waals surface area contributed by atoms with E-state index >= 15 is 0 Å². The van der Waals surface area contributed by atoms with Crippen molar-refractivity contribution in [2.45, 2.75) is 32.5 Å². The van der Waals surface area contributed by atoms with Crippen LogP contribution >= 0.6 is 0 Å². The average Bonchev–Trinajstić information content (AvgIpc) is 2.68. The number of benzene rings is 1. The predicted octanol–water partition coefficient (Wildman–Crippen LogP) is 1.43. The van der Waals surface area contributed by atoms with Gasteiger partial charge in [-0.2, -0.15) is 8.42 Å². The van der Waals surface area contributed by atoms with E-state index in [4.69, 9.17) is 13.7 Å². The van der Waals surface area contributed by atoms with E-state index in [1.54, 1.807) is 19.2 Å². The molecule has 1 aliphatic heterocycles. The molecule has 8 heteroatoms. The Kier molecular flexibility index (Phi) is 4.09. The van der Waals surface area contributed by atoms with E-state index in [0.717, 1.165) is 19.5 Å². The van der Waals surface area contributed by atoms with Gasteiger partial charge in [-0.05, 0) is 32.0 Å². The summed E-state index contributed by atoms with van der Waals surface area (Å²) in [7, 11) is -1.49. The highest BCUT2D eigenvalue weighted by Crippen LogP contribution is 2.44. The Bertz CT molecular complexity index is 697. The van der Waals surface area contributed by atoms with Crippen LogP contribution in [0.15, 0.2) is 18.2 Å². The summed E-state index contributed by atoms with van der Waals surface area (Å²) in [4.78, 5) is 11.2. The van der Waals surface area contributed by atoms with Gasteiger partial charge in [0.15, 0.2) is 0 Å². The largest absolute Gasteiger partial charge is 0.464 e. The molecule has 0 bridgehead atoms. The summed E-state index contributed by atoms with van der Waals surface area (Å²) in [5, 5.41) is 0. The fraction of sp³-hybridized carbons (Fsp3) is 0.500. The van der Waals surface area contributed by atoms with Crippen molar-refractivity contribution in [1.29, 1.82) is 0 Å². The molecule has 0 saturated heterocycles. The molecule has 1 atom stereocenters. The number of fused-ring (bicyclic) bond motifs is 1. The Morgan fingerprint density at radius 3 is 2.55 bits per heavy atom. The fourth-order valence-electron chi connectivity index (χ4n) is 2.23. The van der Waals surface area contributed by atoms with Gasteiger partial charge in [-0.1, -0.05) is 0 Å².